The molecule has 1 aromatic carbocycles. The van der Waals surface area contributed by atoms with E-state index in [9.17, 15) is 9.59 Å². The summed E-state index contributed by atoms with van der Waals surface area (Å²) < 4.78 is 5.25. The number of anilines is 1. The van der Waals surface area contributed by atoms with Crippen molar-refractivity contribution in [2.24, 2.45) is 0 Å². The zero-order valence-corrected chi connectivity index (χ0v) is 11.7. The Morgan fingerprint density at radius 2 is 1.95 bits per heavy atom. The quantitative estimate of drug-likeness (QED) is 0.845. The first kappa shape index (κ1) is 14.6. The van der Waals surface area contributed by atoms with Gasteiger partial charge in [0.15, 0.2) is 5.76 Å². The van der Waals surface area contributed by atoms with Gasteiger partial charge in [-0.25, -0.2) is 4.79 Å². The van der Waals surface area contributed by atoms with Crippen molar-refractivity contribution in [1.82, 2.24) is 0 Å². The summed E-state index contributed by atoms with van der Waals surface area (Å²) in [5, 5.41) is 11.4. The number of amides is 1. The molecule has 0 unspecified atom stereocenters. The highest BCUT2D eigenvalue weighted by molar-refractivity contribution is 6.02. The molecular weight excluding hydrogens is 270 g/mol. The molecule has 1 aromatic heterocycles. The summed E-state index contributed by atoms with van der Waals surface area (Å²) in [4.78, 5) is 22.5. The summed E-state index contributed by atoms with van der Waals surface area (Å²) in [6, 6.07) is 8.63. The molecule has 0 aliphatic rings. The molecule has 0 aliphatic carbocycles. The van der Waals surface area contributed by atoms with Crippen molar-refractivity contribution in [1.29, 1.82) is 0 Å². The van der Waals surface area contributed by atoms with Crippen LogP contribution in [0.25, 0.3) is 6.08 Å². The van der Waals surface area contributed by atoms with Crippen LogP contribution < -0.4 is 5.32 Å². The number of aryl methyl sites for hydroxylation is 2. The summed E-state index contributed by atoms with van der Waals surface area (Å²) in [5.41, 5.74) is 2.19. The van der Waals surface area contributed by atoms with E-state index in [-0.39, 0.29) is 11.7 Å². The number of hydrogen-bond acceptors (Lipinski definition) is 3. The van der Waals surface area contributed by atoms with Crippen molar-refractivity contribution in [2.45, 2.75) is 13.8 Å². The van der Waals surface area contributed by atoms with Crippen LogP contribution in [0.15, 0.2) is 40.8 Å². The number of hydrogen-bond donors (Lipinski definition) is 2. The molecule has 5 heteroatoms. The van der Waals surface area contributed by atoms with Gasteiger partial charge in [-0.3, -0.25) is 4.79 Å². The lowest BCUT2D eigenvalue weighted by atomic mass is 10.1. The maximum atomic E-state index is 12.0. The van der Waals surface area contributed by atoms with Crippen molar-refractivity contribution in [3.05, 3.63) is 59.1 Å². The molecule has 0 aliphatic heterocycles. The topological polar surface area (TPSA) is 79.5 Å². The molecule has 0 radical (unpaired) electrons. The van der Waals surface area contributed by atoms with Crippen molar-refractivity contribution >= 4 is 23.6 Å². The second-order valence-electron chi connectivity index (χ2n) is 4.67. The number of carboxylic acids is 1. The highest BCUT2D eigenvalue weighted by atomic mass is 16.4. The van der Waals surface area contributed by atoms with E-state index >= 15 is 0 Å². The zero-order valence-electron chi connectivity index (χ0n) is 11.7. The monoisotopic (exact) mass is 285 g/mol. The fraction of sp³-hybridized carbons (Fsp3) is 0.125. The Labute approximate surface area is 121 Å². The third-order valence-corrected chi connectivity index (χ3v) is 2.74. The van der Waals surface area contributed by atoms with Crippen molar-refractivity contribution in [2.75, 3.05) is 5.32 Å². The zero-order chi connectivity index (χ0) is 15.4. The van der Waals surface area contributed by atoms with Gasteiger partial charge in [0.25, 0.3) is 5.91 Å². The Bertz CT molecular complexity index is 713. The molecule has 0 bridgehead atoms. The van der Waals surface area contributed by atoms with Crippen LogP contribution in [0.5, 0.6) is 0 Å². The average molecular weight is 285 g/mol. The minimum absolute atomic E-state index is 0.233. The van der Waals surface area contributed by atoms with Gasteiger partial charge in [0.1, 0.15) is 5.76 Å². The van der Waals surface area contributed by atoms with Crippen LogP contribution in [0.4, 0.5) is 5.69 Å². The van der Waals surface area contributed by atoms with Crippen LogP contribution in [-0.2, 0) is 4.79 Å². The van der Waals surface area contributed by atoms with Gasteiger partial charge in [-0.1, -0.05) is 6.07 Å². The van der Waals surface area contributed by atoms with E-state index in [4.69, 9.17) is 9.52 Å². The van der Waals surface area contributed by atoms with Crippen LogP contribution in [0.3, 0.4) is 0 Å². The Morgan fingerprint density at radius 3 is 2.57 bits per heavy atom. The van der Waals surface area contributed by atoms with E-state index in [2.05, 4.69) is 5.32 Å². The standard InChI is InChI=1S/C16H15NO4/c1-10-7-12(4-6-15(18)19)9-13(8-10)17-16(20)14-5-3-11(2)21-14/h3-9H,1-2H3,(H,17,20)(H,18,19)/b6-4+. The number of carboxylic acid groups (broad SMARTS) is 1. The van der Waals surface area contributed by atoms with Crippen molar-refractivity contribution < 1.29 is 19.1 Å². The van der Waals surface area contributed by atoms with Crippen LogP contribution in [0.2, 0.25) is 0 Å². The Morgan fingerprint density at radius 1 is 1.19 bits per heavy atom. The molecule has 0 spiro atoms. The van der Waals surface area contributed by atoms with Gasteiger partial charge < -0.3 is 14.8 Å². The van der Waals surface area contributed by atoms with E-state index in [1.807, 2.05) is 13.0 Å². The lowest BCUT2D eigenvalue weighted by Gasteiger charge is -2.06. The molecule has 2 rings (SSSR count). The van der Waals surface area contributed by atoms with E-state index in [0.717, 1.165) is 11.6 Å². The van der Waals surface area contributed by atoms with Crippen molar-refractivity contribution in [3.63, 3.8) is 0 Å². The average Bonchev–Trinajstić information content (AvgIpc) is 2.82. The minimum Gasteiger partial charge on any atom is -0.478 e. The number of furan rings is 1. The van der Waals surface area contributed by atoms with E-state index in [1.165, 1.54) is 6.08 Å². The van der Waals surface area contributed by atoms with Crippen LogP contribution >= 0.6 is 0 Å². The number of rotatable bonds is 4. The predicted octanol–water partition coefficient (Wildman–Crippen LogP) is 3.25. The normalized spacial score (nSPS) is 10.8. The number of carbonyl (C=O) groups is 2. The summed E-state index contributed by atoms with van der Waals surface area (Å²) in [6.07, 6.45) is 2.53. The van der Waals surface area contributed by atoms with Gasteiger partial charge in [-0.15, -0.1) is 0 Å². The molecule has 2 N–H and O–H groups in total. The van der Waals surface area contributed by atoms with Crippen LogP contribution in [0, 0.1) is 13.8 Å². The molecule has 21 heavy (non-hydrogen) atoms. The third kappa shape index (κ3) is 4.07. The highest BCUT2D eigenvalue weighted by Crippen LogP contribution is 2.17. The molecule has 2 aromatic rings. The van der Waals surface area contributed by atoms with Crippen LogP contribution in [0.1, 0.15) is 27.4 Å². The molecule has 108 valence electrons. The van der Waals surface area contributed by atoms with Gasteiger partial charge in [0, 0.05) is 11.8 Å². The first-order valence-electron chi connectivity index (χ1n) is 6.34. The van der Waals surface area contributed by atoms with E-state index < -0.39 is 5.97 Å². The Balaban J connectivity index is 2.20. The van der Waals surface area contributed by atoms with Gasteiger partial charge in [-0.2, -0.15) is 0 Å². The summed E-state index contributed by atoms with van der Waals surface area (Å²) in [6.45, 7) is 3.63. The molecule has 0 saturated heterocycles. The molecule has 1 amide bonds. The lowest BCUT2D eigenvalue weighted by Crippen LogP contribution is -2.11. The number of nitrogens with one attached hydrogen (secondary N) is 1. The van der Waals surface area contributed by atoms with Gasteiger partial charge in [-0.05, 0) is 55.3 Å². The largest absolute Gasteiger partial charge is 0.478 e. The lowest BCUT2D eigenvalue weighted by molar-refractivity contribution is -0.131. The highest BCUT2D eigenvalue weighted by Gasteiger charge is 2.10. The minimum atomic E-state index is -1.02. The van der Waals surface area contributed by atoms with Crippen molar-refractivity contribution in [3.8, 4) is 0 Å². The second kappa shape index (κ2) is 6.09. The molecule has 0 atom stereocenters. The first-order valence-corrected chi connectivity index (χ1v) is 6.34. The molecular formula is C16H15NO4. The predicted molar refractivity (Wildman–Crippen MR) is 79.2 cm³/mol. The Hall–Kier alpha value is -2.82. The van der Waals surface area contributed by atoms with E-state index in [0.29, 0.717) is 17.0 Å². The second-order valence-corrected chi connectivity index (χ2v) is 4.67. The van der Waals surface area contributed by atoms with Crippen LogP contribution in [-0.4, -0.2) is 17.0 Å². The number of carbonyl (C=O) groups excluding carboxylic acids is 1. The maximum Gasteiger partial charge on any atom is 0.328 e. The number of aliphatic carboxylic acids is 1. The summed E-state index contributed by atoms with van der Waals surface area (Å²) in [5.74, 6) is -0.471. The van der Waals surface area contributed by atoms with Gasteiger partial charge in [0.2, 0.25) is 0 Å². The summed E-state index contributed by atoms with van der Waals surface area (Å²) in [7, 11) is 0. The van der Waals surface area contributed by atoms with Gasteiger partial charge in [0.05, 0.1) is 0 Å². The summed E-state index contributed by atoms with van der Waals surface area (Å²) >= 11 is 0. The molecule has 1 heterocycles. The fourth-order valence-corrected chi connectivity index (χ4v) is 1.90. The third-order valence-electron chi connectivity index (χ3n) is 2.74. The smallest absolute Gasteiger partial charge is 0.328 e. The van der Waals surface area contributed by atoms with Gasteiger partial charge >= 0.3 is 5.97 Å². The number of benzene rings is 1. The SMILES string of the molecule is Cc1cc(/C=C/C(=O)O)cc(NC(=O)c2ccc(C)o2)c1. The van der Waals surface area contributed by atoms with E-state index in [1.54, 1.807) is 31.2 Å². The molecule has 0 fully saturated rings. The first-order chi connectivity index (χ1) is 9.94. The maximum absolute atomic E-state index is 12.0. The molecule has 0 saturated carbocycles. The molecule has 5 nitrogen and oxygen atoms in total. The fourth-order valence-electron chi connectivity index (χ4n) is 1.90. The Kier molecular flexibility index (Phi) is 4.23.